The maximum Gasteiger partial charge on any atom is 0.338 e. The van der Waals surface area contributed by atoms with Gasteiger partial charge in [-0.3, -0.25) is 4.79 Å². The van der Waals surface area contributed by atoms with Crippen LogP contribution in [0.15, 0.2) is 42.5 Å². The summed E-state index contributed by atoms with van der Waals surface area (Å²) >= 11 is 0. The van der Waals surface area contributed by atoms with Crippen molar-refractivity contribution in [2.45, 2.75) is 74.1 Å². The summed E-state index contributed by atoms with van der Waals surface area (Å²) in [5.74, 6) is -1.00. The fourth-order valence-electron chi connectivity index (χ4n) is 3.27. The Morgan fingerprint density at radius 3 is 1.97 bits per heavy atom. The number of ether oxygens (including phenoxy) is 1. The summed E-state index contributed by atoms with van der Waals surface area (Å²) in [7, 11) is 0. The second kappa shape index (κ2) is 17.7. The average Bonchev–Trinajstić information content (AvgIpc) is 2.86. The lowest BCUT2D eigenvalue weighted by atomic mass is 9.97. The Kier molecular flexibility index (Phi) is 16.2. The van der Waals surface area contributed by atoms with E-state index in [9.17, 15) is 14.7 Å². The van der Waals surface area contributed by atoms with E-state index in [0.29, 0.717) is 6.61 Å². The second-order valence-electron chi connectivity index (χ2n) is 6.95. The number of anilines is 1. The monoisotopic (exact) mass is 457 g/mol. The largest absolute Gasteiger partial charge is 0.507 e. The quantitative estimate of drug-likeness (QED) is 0.218. The molecule has 0 aromatic heterocycles. The summed E-state index contributed by atoms with van der Waals surface area (Å²) in [6.07, 6.45) is 4.04. The molecule has 2 aromatic rings. The lowest BCUT2D eigenvalue weighted by molar-refractivity contribution is 0.0495. The SMILES string of the molecule is CC.CC.CCCCCCOC(=O)c1ccccc1C(=O)c1ccc(N(CC)CC)cc1O. The molecular formula is C28H43NO4. The Hall–Kier alpha value is -2.82. The number of carbonyl (C=O) groups excluding carboxylic acids is 2. The van der Waals surface area contributed by atoms with Crippen LogP contribution in [-0.4, -0.2) is 36.6 Å². The summed E-state index contributed by atoms with van der Waals surface area (Å²) in [4.78, 5) is 27.6. The van der Waals surface area contributed by atoms with Crippen molar-refractivity contribution < 1.29 is 19.4 Å². The predicted octanol–water partition coefficient (Wildman–Crippen LogP) is 7.26. The highest BCUT2D eigenvalue weighted by Crippen LogP contribution is 2.28. The molecule has 0 aliphatic rings. The number of phenolic OH excluding ortho intramolecular Hbond substituents is 1. The highest BCUT2D eigenvalue weighted by Gasteiger charge is 2.21. The van der Waals surface area contributed by atoms with Crippen LogP contribution < -0.4 is 4.90 Å². The summed E-state index contributed by atoms with van der Waals surface area (Å²) < 4.78 is 5.35. The smallest absolute Gasteiger partial charge is 0.338 e. The number of ketones is 1. The van der Waals surface area contributed by atoms with Crippen molar-refractivity contribution in [3.8, 4) is 5.75 Å². The predicted molar refractivity (Wildman–Crippen MR) is 139 cm³/mol. The van der Waals surface area contributed by atoms with Crippen molar-refractivity contribution in [1.29, 1.82) is 0 Å². The number of aromatic hydroxyl groups is 1. The number of unbranched alkanes of at least 4 members (excludes halogenated alkanes) is 3. The normalized spacial score (nSPS) is 9.67. The van der Waals surface area contributed by atoms with Gasteiger partial charge in [0.1, 0.15) is 5.75 Å². The van der Waals surface area contributed by atoms with Crippen molar-refractivity contribution in [2.75, 3.05) is 24.6 Å². The number of hydrogen-bond donors (Lipinski definition) is 1. The van der Waals surface area contributed by atoms with Crippen molar-refractivity contribution >= 4 is 17.4 Å². The standard InChI is InChI=1S/C24H31NO4.2C2H6/c1-4-7-8-11-16-29-24(28)20-13-10-9-12-19(20)23(27)21-15-14-18(17-22(21)26)25(5-2)6-3;2*1-2/h9-10,12-15,17,26H,4-8,11,16H2,1-3H3;2*1-2H3. The average molecular weight is 458 g/mol. The van der Waals surface area contributed by atoms with Gasteiger partial charge in [0.2, 0.25) is 0 Å². The van der Waals surface area contributed by atoms with Gasteiger partial charge in [-0.05, 0) is 38.5 Å². The molecule has 5 nitrogen and oxygen atoms in total. The lowest BCUT2D eigenvalue weighted by Crippen LogP contribution is -2.21. The van der Waals surface area contributed by atoms with Gasteiger partial charge in [0.15, 0.2) is 5.78 Å². The molecule has 33 heavy (non-hydrogen) atoms. The minimum Gasteiger partial charge on any atom is -0.507 e. The van der Waals surface area contributed by atoms with Crippen LogP contribution in [0, 0.1) is 0 Å². The van der Waals surface area contributed by atoms with Crippen molar-refractivity contribution in [3.05, 3.63) is 59.2 Å². The van der Waals surface area contributed by atoms with Crippen molar-refractivity contribution in [1.82, 2.24) is 0 Å². The van der Waals surface area contributed by atoms with E-state index < -0.39 is 11.8 Å². The van der Waals surface area contributed by atoms with E-state index in [-0.39, 0.29) is 22.4 Å². The summed E-state index contributed by atoms with van der Waals surface area (Å²) in [5.41, 5.74) is 1.48. The molecule has 0 saturated carbocycles. The fraction of sp³-hybridized carbons (Fsp3) is 0.500. The van der Waals surface area contributed by atoms with Gasteiger partial charge >= 0.3 is 5.97 Å². The van der Waals surface area contributed by atoms with E-state index in [2.05, 4.69) is 11.8 Å². The zero-order valence-electron chi connectivity index (χ0n) is 21.6. The molecule has 0 amide bonds. The van der Waals surface area contributed by atoms with Crippen LogP contribution in [0.3, 0.4) is 0 Å². The van der Waals surface area contributed by atoms with Gasteiger partial charge in [0, 0.05) is 30.4 Å². The fourth-order valence-corrected chi connectivity index (χ4v) is 3.27. The molecule has 0 spiro atoms. The Labute approximate surface area is 200 Å². The molecule has 2 aromatic carbocycles. The number of hydrogen-bond acceptors (Lipinski definition) is 5. The second-order valence-corrected chi connectivity index (χ2v) is 6.95. The highest BCUT2D eigenvalue weighted by molar-refractivity contribution is 6.15. The van der Waals surface area contributed by atoms with Crippen molar-refractivity contribution in [3.63, 3.8) is 0 Å². The van der Waals surface area contributed by atoms with Gasteiger partial charge < -0.3 is 14.7 Å². The molecule has 1 N–H and O–H groups in total. The third-order valence-electron chi connectivity index (χ3n) is 4.98. The van der Waals surface area contributed by atoms with Crippen LogP contribution in [0.4, 0.5) is 5.69 Å². The number of carbonyl (C=O) groups is 2. The first kappa shape index (κ1) is 30.2. The van der Waals surface area contributed by atoms with Crippen LogP contribution in [0.25, 0.3) is 0 Å². The van der Waals surface area contributed by atoms with E-state index in [4.69, 9.17) is 4.74 Å². The molecular weight excluding hydrogens is 414 g/mol. The zero-order chi connectivity index (χ0) is 25.2. The van der Waals surface area contributed by atoms with Crippen LogP contribution in [-0.2, 0) is 4.74 Å². The molecule has 0 aliphatic carbocycles. The lowest BCUT2D eigenvalue weighted by Gasteiger charge is -2.21. The minimum atomic E-state index is -0.510. The first-order valence-corrected chi connectivity index (χ1v) is 12.4. The molecule has 0 saturated heterocycles. The summed E-state index contributed by atoms with van der Waals surface area (Å²) in [5, 5.41) is 10.5. The maximum atomic E-state index is 13.0. The third kappa shape index (κ3) is 9.29. The molecule has 0 fully saturated rings. The molecule has 0 atom stereocenters. The van der Waals surface area contributed by atoms with Gasteiger partial charge in [-0.15, -0.1) is 0 Å². The topological polar surface area (TPSA) is 66.8 Å². The summed E-state index contributed by atoms with van der Waals surface area (Å²) in [6, 6.07) is 11.6. The zero-order valence-corrected chi connectivity index (χ0v) is 21.6. The number of benzene rings is 2. The Balaban J connectivity index is 0.00000242. The van der Waals surface area contributed by atoms with E-state index in [0.717, 1.165) is 44.5 Å². The van der Waals surface area contributed by atoms with E-state index >= 15 is 0 Å². The van der Waals surface area contributed by atoms with Gasteiger partial charge in [-0.1, -0.05) is 72.1 Å². The van der Waals surface area contributed by atoms with Gasteiger partial charge in [-0.2, -0.15) is 0 Å². The first-order valence-electron chi connectivity index (χ1n) is 12.4. The number of rotatable bonds is 11. The van der Waals surface area contributed by atoms with Crippen LogP contribution in [0.2, 0.25) is 0 Å². The van der Waals surface area contributed by atoms with Gasteiger partial charge in [0.05, 0.1) is 17.7 Å². The van der Waals surface area contributed by atoms with E-state index in [1.54, 1.807) is 36.4 Å². The van der Waals surface area contributed by atoms with Crippen LogP contribution in [0.1, 0.15) is 100 Å². The molecule has 0 heterocycles. The maximum absolute atomic E-state index is 13.0. The molecule has 0 bridgehead atoms. The molecule has 5 heteroatoms. The molecule has 0 radical (unpaired) electrons. The third-order valence-corrected chi connectivity index (χ3v) is 4.98. The van der Waals surface area contributed by atoms with Gasteiger partial charge in [0.25, 0.3) is 0 Å². The number of phenols is 1. The van der Waals surface area contributed by atoms with Crippen molar-refractivity contribution in [2.24, 2.45) is 0 Å². The summed E-state index contributed by atoms with van der Waals surface area (Å²) in [6.45, 7) is 16.1. The number of nitrogens with zero attached hydrogens (tertiary/aromatic N) is 1. The molecule has 0 unspecified atom stereocenters. The van der Waals surface area contributed by atoms with E-state index in [1.807, 2.05) is 47.6 Å². The molecule has 2 rings (SSSR count). The molecule has 184 valence electrons. The number of esters is 1. The van der Waals surface area contributed by atoms with Crippen LogP contribution >= 0.6 is 0 Å². The Bertz CT molecular complexity index is 828. The Morgan fingerprint density at radius 1 is 0.818 bits per heavy atom. The molecule has 0 aliphatic heterocycles. The first-order chi connectivity index (χ1) is 16.0. The van der Waals surface area contributed by atoms with Crippen LogP contribution in [0.5, 0.6) is 5.75 Å². The highest BCUT2D eigenvalue weighted by atomic mass is 16.5. The minimum absolute atomic E-state index is 0.0952. The Morgan fingerprint density at radius 2 is 1.42 bits per heavy atom. The van der Waals surface area contributed by atoms with E-state index in [1.165, 1.54) is 0 Å². The van der Waals surface area contributed by atoms with Gasteiger partial charge in [-0.25, -0.2) is 4.79 Å².